The molecule has 2 aromatic carbocycles. The third kappa shape index (κ3) is 6.48. The van der Waals surface area contributed by atoms with Crippen molar-refractivity contribution in [3.05, 3.63) is 64.0 Å². The highest BCUT2D eigenvalue weighted by Crippen LogP contribution is 2.22. The number of anilines is 1. The largest absolute Gasteiger partial charge is 0.484 e. The Morgan fingerprint density at radius 1 is 1.19 bits per heavy atom. The van der Waals surface area contributed by atoms with Crippen molar-refractivity contribution < 1.29 is 23.6 Å². The van der Waals surface area contributed by atoms with Crippen LogP contribution in [-0.2, 0) is 16.0 Å². The SMILES string of the molecule is NC(=O)C1CCN(CCc2ccc(NC(=O)COc3ccc([N+](=O)[O-])c(F)c3)cc2)CC1. The molecule has 0 aliphatic carbocycles. The van der Waals surface area contributed by atoms with E-state index in [0.717, 1.165) is 56.6 Å². The molecule has 0 atom stereocenters. The number of nitro groups is 1. The van der Waals surface area contributed by atoms with Gasteiger partial charge in [0.15, 0.2) is 6.61 Å². The van der Waals surface area contributed by atoms with E-state index in [1.165, 1.54) is 6.07 Å². The molecule has 1 heterocycles. The van der Waals surface area contributed by atoms with E-state index in [1.807, 2.05) is 12.1 Å². The molecule has 0 radical (unpaired) electrons. The second-order valence-electron chi connectivity index (χ2n) is 7.67. The first-order chi connectivity index (χ1) is 15.3. The number of carbonyl (C=O) groups is 2. The predicted octanol–water partition coefficient (Wildman–Crippen LogP) is 2.49. The van der Waals surface area contributed by atoms with Crippen LogP contribution in [0.15, 0.2) is 42.5 Å². The molecule has 10 heteroatoms. The summed E-state index contributed by atoms with van der Waals surface area (Å²) < 4.78 is 18.8. The van der Waals surface area contributed by atoms with Gasteiger partial charge in [0.05, 0.1) is 4.92 Å². The summed E-state index contributed by atoms with van der Waals surface area (Å²) in [5.41, 5.74) is 6.43. The fourth-order valence-electron chi connectivity index (χ4n) is 3.55. The number of nitro benzene ring substituents is 1. The van der Waals surface area contributed by atoms with Gasteiger partial charge in [0.1, 0.15) is 5.75 Å². The Balaban J connectivity index is 1.41. The monoisotopic (exact) mass is 444 g/mol. The van der Waals surface area contributed by atoms with Crippen LogP contribution in [0, 0.1) is 21.8 Å². The predicted molar refractivity (Wildman–Crippen MR) is 116 cm³/mol. The van der Waals surface area contributed by atoms with Gasteiger partial charge in [-0.05, 0) is 56.1 Å². The number of benzene rings is 2. The molecular weight excluding hydrogens is 419 g/mol. The number of likely N-dealkylation sites (tertiary alicyclic amines) is 1. The third-order valence-electron chi connectivity index (χ3n) is 5.43. The van der Waals surface area contributed by atoms with Crippen LogP contribution in [0.25, 0.3) is 0 Å². The van der Waals surface area contributed by atoms with Crippen LogP contribution in [0.1, 0.15) is 18.4 Å². The van der Waals surface area contributed by atoms with Crippen molar-refractivity contribution in [3.8, 4) is 5.75 Å². The van der Waals surface area contributed by atoms with Crippen LogP contribution >= 0.6 is 0 Å². The summed E-state index contributed by atoms with van der Waals surface area (Å²) in [7, 11) is 0. The van der Waals surface area contributed by atoms with Crippen LogP contribution in [0.4, 0.5) is 15.8 Å². The molecule has 32 heavy (non-hydrogen) atoms. The minimum absolute atomic E-state index is 0.0162. The zero-order valence-corrected chi connectivity index (χ0v) is 17.5. The Labute approximate surface area is 184 Å². The summed E-state index contributed by atoms with van der Waals surface area (Å²) in [6.45, 7) is 2.25. The highest BCUT2D eigenvalue weighted by atomic mass is 19.1. The topological polar surface area (TPSA) is 128 Å². The maximum absolute atomic E-state index is 13.6. The number of amides is 2. The minimum atomic E-state index is -1.03. The van der Waals surface area contributed by atoms with Crippen molar-refractivity contribution in [1.82, 2.24) is 4.90 Å². The molecule has 2 amide bonds. The van der Waals surface area contributed by atoms with Crippen LogP contribution < -0.4 is 15.8 Å². The summed E-state index contributed by atoms with van der Waals surface area (Å²) in [5, 5.41) is 13.3. The van der Waals surface area contributed by atoms with Crippen molar-refractivity contribution >= 4 is 23.2 Å². The molecule has 0 aromatic heterocycles. The molecule has 3 rings (SSSR count). The van der Waals surface area contributed by atoms with E-state index >= 15 is 0 Å². The molecule has 0 spiro atoms. The van der Waals surface area contributed by atoms with Gasteiger partial charge in [-0.25, -0.2) is 0 Å². The molecule has 170 valence electrons. The van der Waals surface area contributed by atoms with E-state index in [9.17, 15) is 24.1 Å². The Hall–Kier alpha value is -3.53. The average molecular weight is 444 g/mol. The lowest BCUT2D eigenvalue weighted by molar-refractivity contribution is -0.387. The Morgan fingerprint density at radius 2 is 1.88 bits per heavy atom. The summed E-state index contributed by atoms with van der Waals surface area (Å²) in [5.74, 6) is -1.67. The van der Waals surface area contributed by atoms with Crippen LogP contribution in [0.5, 0.6) is 5.75 Å². The van der Waals surface area contributed by atoms with Gasteiger partial charge >= 0.3 is 5.69 Å². The van der Waals surface area contributed by atoms with Gasteiger partial charge in [-0.1, -0.05) is 12.1 Å². The molecule has 1 aliphatic rings. The highest BCUT2D eigenvalue weighted by molar-refractivity contribution is 5.91. The van der Waals surface area contributed by atoms with Gasteiger partial charge in [-0.3, -0.25) is 19.7 Å². The highest BCUT2D eigenvalue weighted by Gasteiger charge is 2.22. The van der Waals surface area contributed by atoms with Crippen molar-refractivity contribution in [1.29, 1.82) is 0 Å². The van der Waals surface area contributed by atoms with Gasteiger partial charge in [-0.2, -0.15) is 4.39 Å². The lowest BCUT2D eigenvalue weighted by Crippen LogP contribution is -2.39. The maximum atomic E-state index is 13.6. The first kappa shape index (κ1) is 23.1. The molecule has 0 bridgehead atoms. The van der Waals surface area contributed by atoms with E-state index in [-0.39, 0.29) is 24.2 Å². The first-order valence-corrected chi connectivity index (χ1v) is 10.3. The second-order valence-corrected chi connectivity index (χ2v) is 7.67. The standard InChI is InChI=1S/C22H25FN4O5/c23-19-13-18(5-6-20(19)27(30)31)32-14-21(28)25-17-3-1-15(2-4-17)7-10-26-11-8-16(9-12-26)22(24)29/h1-6,13,16H,7-12,14H2,(H2,24,29)(H,25,28). The van der Waals surface area contributed by atoms with Gasteiger partial charge < -0.3 is 20.7 Å². The number of hydrogen-bond donors (Lipinski definition) is 2. The van der Waals surface area contributed by atoms with Crippen LogP contribution in [0.3, 0.4) is 0 Å². The van der Waals surface area contributed by atoms with Gasteiger partial charge in [-0.15, -0.1) is 0 Å². The summed E-state index contributed by atoms with van der Waals surface area (Å²) in [6, 6.07) is 10.5. The van der Waals surface area contributed by atoms with E-state index in [2.05, 4.69) is 10.2 Å². The van der Waals surface area contributed by atoms with E-state index in [4.69, 9.17) is 10.5 Å². The number of piperidine rings is 1. The number of carbonyl (C=O) groups excluding carboxylic acids is 2. The zero-order valence-electron chi connectivity index (χ0n) is 17.5. The van der Waals surface area contributed by atoms with Gasteiger partial charge in [0.25, 0.3) is 5.91 Å². The van der Waals surface area contributed by atoms with Crippen LogP contribution in [0.2, 0.25) is 0 Å². The molecule has 2 aromatic rings. The Kier molecular flexibility index (Phi) is 7.72. The normalized spacial score (nSPS) is 14.7. The smallest absolute Gasteiger partial charge is 0.305 e. The number of halogens is 1. The molecule has 3 N–H and O–H groups in total. The number of ether oxygens (including phenoxy) is 1. The summed E-state index contributed by atoms with van der Waals surface area (Å²) in [4.78, 5) is 35.4. The van der Waals surface area contributed by atoms with Crippen LogP contribution in [-0.4, -0.2) is 47.9 Å². The fraction of sp³-hybridized carbons (Fsp3) is 0.364. The number of nitrogens with zero attached hydrogens (tertiary/aromatic N) is 2. The fourth-order valence-corrected chi connectivity index (χ4v) is 3.55. The molecule has 0 unspecified atom stereocenters. The molecule has 1 fully saturated rings. The minimum Gasteiger partial charge on any atom is -0.484 e. The number of nitrogens with two attached hydrogens (primary N) is 1. The van der Waals surface area contributed by atoms with Gasteiger partial charge in [0, 0.05) is 30.3 Å². The van der Waals surface area contributed by atoms with Crippen molar-refractivity contribution in [2.45, 2.75) is 19.3 Å². The lowest BCUT2D eigenvalue weighted by atomic mass is 9.96. The average Bonchev–Trinajstić information content (AvgIpc) is 2.77. The molecule has 9 nitrogen and oxygen atoms in total. The summed E-state index contributed by atoms with van der Waals surface area (Å²) in [6.07, 6.45) is 2.45. The molecular formula is C22H25FN4O5. The number of rotatable bonds is 9. The lowest BCUT2D eigenvalue weighted by Gasteiger charge is -2.30. The third-order valence-corrected chi connectivity index (χ3v) is 5.43. The van der Waals surface area contributed by atoms with Crippen molar-refractivity contribution in [2.24, 2.45) is 11.7 Å². The van der Waals surface area contributed by atoms with E-state index in [0.29, 0.717) is 5.69 Å². The van der Waals surface area contributed by atoms with E-state index in [1.54, 1.807) is 12.1 Å². The Bertz CT molecular complexity index is 975. The van der Waals surface area contributed by atoms with Crippen molar-refractivity contribution in [2.75, 3.05) is 31.6 Å². The number of nitrogens with one attached hydrogen (secondary N) is 1. The molecule has 0 saturated carbocycles. The maximum Gasteiger partial charge on any atom is 0.305 e. The van der Waals surface area contributed by atoms with Crippen molar-refractivity contribution in [3.63, 3.8) is 0 Å². The first-order valence-electron chi connectivity index (χ1n) is 10.3. The van der Waals surface area contributed by atoms with Gasteiger partial charge in [0.2, 0.25) is 11.7 Å². The zero-order chi connectivity index (χ0) is 23.1. The molecule has 1 saturated heterocycles. The molecule has 1 aliphatic heterocycles. The van der Waals surface area contributed by atoms with E-state index < -0.39 is 22.3 Å². The summed E-state index contributed by atoms with van der Waals surface area (Å²) >= 11 is 0. The Morgan fingerprint density at radius 3 is 2.47 bits per heavy atom. The second kappa shape index (κ2) is 10.7. The number of hydrogen-bond acceptors (Lipinski definition) is 6. The number of primary amides is 1. The quantitative estimate of drug-likeness (QED) is 0.452.